The largest absolute Gasteiger partial charge is 0.303 e. The SMILES string of the molecule is CC(C)CCN1CC[C@@H](C)C(C(C)C)C1. The summed E-state index contributed by atoms with van der Waals surface area (Å²) in [6.45, 7) is 15.8. The van der Waals surface area contributed by atoms with Crippen LogP contribution in [0.25, 0.3) is 0 Å². The number of hydrogen-bond donors (Lipinski definition) is 0. The van der Waals surface area contributed by atoms with Gasteiger partial charge in [0.05, 0.1) is 0 Å². The van der Waals surface area contributed by atoms with E-state index in [0.717, 1.165) is 23.7 Å². The molecular weight excluding hydrogens is 182 g/mol. The van der Waals surface area contributed by atoms with Crippen molar-refractivity contribution in [3.63, 3.8) is 0 Å². The predicted octanol–water partition coefficient (Wildman–Crippen LogP) is 3.65. The molecule has 1 nitrogen and oxygen atoms in total. The highest BCUT2D eigenvalue weighted by Crippen LogP contribution is 2.29. The van der Waals surface area contributed by atoms with Gasteiger partial charge < -0.3 is 4.90 Å². The Balaban J connectivity index is 2.36. The van der Waals surface area contributed by atoms with Gasteiger partial charge in [0, 0.05) is 6.54 Å². The molecule has 0 bridgehead atoms. The number of piperidine rings is 1. The third-order valence-electron chi connectivity index (χ3n) is 3.98. The molecular formula is C14H29N. The third kappa shape index (κ3) is 4.14. The predicted molar refractivity (Wildman–Crippen MR) is 68.0 cm³/mol. The number of rotatable bonds is 4. The topological polar surface area (TPSA) is 3.24 Å². The maximum Gasteiger partial charge on any atom is 0.00147 e. The zero-order valence-corrected chi connectivity index (χ0v) is 11.3. The fraction of sp³-hybridized carbons (Fsp3) is 1.00. The molecule has 1 saturated heterocycles. The lowest BCUT2D eigenvalue weighted by Gasteiger charge is -2.39. The van der Waals surface area contributed by atoms with Crippen molar-refractivity contribution in [1.82, 2.24) is 4.90 Å². The van der Waals surface area contributed by atoms with Crippen molar-refractivity contribution in [3.8, 4) is 0 Å². The molecule has 1 rings (SSSR count). The van der Waals surface area contributed by atoms with Gasteiger partial charge in [-0.05, 0) is 49.6 Å². The summed E-state index contributed by atoms with van der Waals surface area (Å²) in [5.41, 5.74) is 0. The lowest BCUT2D eigenvalue weighted by Crippen LogP contribution is -2.42. The van der Waals surface area contributed by atoms with E-state index in [-0.39, 0.29) is 0 Å². The van der Waals surface area contributed by atoms with Crippen LogP contribution in [0.1, 0.15) is 47.5 Å². The fourth-order valence-electron chi connectivity index (χ4n) is 2.68. The van der Waals surface area contributed by atoms with Gasteiger partial charge in [0.15, 0.2) is 0 Å². The standard InChI is InChI=1S/C14H29N/c1-11(2)6-8-15-9-7-13(5)14(10-15)12(3)4/h11-14H,6-10H2,1-5H3/t13-,14?/m1/s1. The average Bonchev–Trinajstić information content (AvgIpc) is 2.16. The van der Waals surface area contributed by atoms with E-state index >= 15 is 0 Å². The van der Waals surface area contributed by atoms with Crippen molar-refractivity contribution >= 4 is 0 Å². The van der Waals surface area contributed by atoms with E-state index in [0.29, 0.717) is 0 Å². The number of nitrogens with zero attached hydrogens (tertiary/aromatic N) is 1. The summed E-state index contributed by atoms with van der Waals surface area (Å²) >= 11 is 0. The van der Waals surface area contributed by atoms with Gasteiger partial charge in [-0.1, -0.05) is 34.6 Å². The smallest absolute Gasteiger partial charge is 0.00147 e. The molecule has 1 fully saturated rings. The van der Waals surface area contributed by atoms with E-state index in [9.17, 15) is 0 Å². The first-order chi connectivity index (χ1) is 7.00. The van der Waals surface area contributed by atoms with Crippen LogP contribution in [0.5, 0.6) is 0 Å². The van der Waals surface area contributed by atoms with Crippen LogP contribution in [-0.2, 0) is 0 Å². The van der Waals surface area contributed by atoms with Gasteiger partial charge in [-0.25, -0.2) is 0 Å². The van der Waals surface area contributed by atoms with Gasteiger partial charge in [-0.15, -0.1) is 0 Å². The molecule has 1 heteroatoms. The maximum atomic E-state index is 2.69. The van der Waals surface area contributed by atoms with Crippen molar-refractivity contribution in [2.45, 2.75) is 47.5 Å². The minimum absolute atomic E-state index is 0.849. The molecule has 0 amide bonds. The first-order valence-corrected chi connectivity index (χ1v) is 6.73. The van der Waals surface area contributed by atoms with Gasteiger partial charge in [-0.3, -0.25) is 0 Å². The summed E-state index contributed by atoms with van der Waals surface area (Å²) in [5.74, 6) is 3.55. The van der Waals surface area contributed by atoms with Crippen LogP contribution in [-0.4, -0.2) is 24.5 Å². The zero-order chi connectivity index (χ0) is 11.4. The van der Waals surface area contributed by atoms with E-state index in [1.807, 2.05) is 0 Å². The Kier molecular flexibility index (Phi) is 5.11. The molecule has 1 aliphatic rings. The Bertz CT molecular complexity index is 174. The summed E-state index contributed by atoms with van der Waals surface area (Å²) < 4.78 is 0. The van der Waals surface area contributed by atoms with Crippen molar-refractivity contribution in [2.75, 3.05) is 19.6 Å². The Morgan fingerprint density at radius 1 is 1.20 bits per heavy atom. The van der Waals surface area contributed by atoms with E-state index in [2.05, 4.69) is 39.5 Å². The van der Waals surface area contributed by atoms with E-state index < -0.39 is 0 Å². The van der Waals surface area contributed by atoms with Crippen LogP contribution in [0, 0.1) is 23.7 Å². The van der Waals surface area contributed by atoms with Crippen LogP contribution in [0.3, 0.4) is 0 Å². The highest BCUT2D eigenvalue weighted by molar-refractivity contribution is 4.80. The second kappa shape index (κ2) is 5.89. The molecule has 0 aromatic heterocycles. The molecule has 15 heavy (non-hydrogen) atoms. The summed E-state index contributed by atoms with van der Waals surface area (Å²) in [5, 5.41) is 0. The first kappa shape index (κ1) is 13.0. The number of hydrogen-bond acceptors (Lipinski definition) is 1. The lowest BCUT2D eigenvalue weighted by molar-refractivity contribution is 0.0943. The van der Waals surface area contributed by atoms with Crippen LogP contribution < -0.4 is 0 Å². The van der Waals surface area contributed by atoms with E-state index in [1.54, 1.807) is 0 Å². The number of likely N-dealkylation sites (tertiary alicyclic amines) is 1. The second-order valence-corrected chi connectivity index (χ2v) is 6.16. The van der Waals surface area contributed by atoms with Crippen molar-refractivity contribution < 1.29 is 0 Å². The first-order valence-electron chi connectivity index (χ1n) is 6.73. The fourth-order valence-corrected chi connectivity index (χ4v) is 2.68. The molecule has 1 heterocycles. The third-order valence-corrected chi connectivity index (χ3v) is 3.98. The van der Waals surface area contributed by atoms with Crippen LogP contribution in [0.15, 0.2) is 0 Å². The normalized spacial score (nSPS) is 29.0. The molecule has 0 aliphatic carbocycles. The zero-order valence-electron chi connectivity index (χ0n) is 11.3. The molecule has 2 atom stereocenters. The molecule has 90 valence electrons. The Morgan fingerprint density at radius 2 is 1.87 bits per heavy atom. The summed E-state index contributed by atoms with van der Waals surface area (Å²) in [6, 6.07) is 0. The second-order valence-electron chi connectivity index (χ2n) is 6.16. The summed E-state index contributed by atoms with van der Waals surface area (Å²) in [4.78, 5) is 2.69. The molecule has 1 aliphatic heterocycles. The van der Waals surface area contributed by atoms with Gasteiger partial charge in [0.2, 0.25) is 0 Å². The molecule has 0 aromatic rings. The summed E-state index contributed by atoms with van der Waals surface area (Å²) in [7, 11) is 0. The molecule has 0 spiro atoms. The van der Waals surface area contributed by atoms with Crippen LogP contribution in [0.4, 0.5) is 0 Å². The van der Waals surface area contributed by atoms with Gasteiger partial charge in [0.25, 0.3) is 0 Å². The van der Waals surface area contributed by atoms with Gasteiger partial charge in [0.1, 0.15) is 0 Å². The molecule has 0 radical (unpaired) electrons. The molecule has 1 unspecified atom stereocenters. The molecule has 0 aromatic carbocycles. The summed E-state index contributed by atoms with van der Waals surface area (Å²) in [6.07, 6.45) is 2.76. The minimum atomic E-state index is 0.849. The molecule has 0 saturated carbocycles. The average molecular weight is 211 g/mol. The quantitative estimate of drug-likeness (QED) is 0.686. The Labute approximate surface area is 96.2 Å². The molecule has 0 N–H and O–H groups in total. The minimum Gasteiger partial charge on any atom is -0.303 e. The Morgan fingerprint density at radius 3 is 2.40 bits per heavy atom. The van der Waals surface area contributed by atoms with Crippen LogP contribution in [0.2, 0.25) is 0 Å². The van der Waals surface area contributed by atoms with E-state index in [1.165, 1.54) is 32.5 Å². The van der Waals surface area contributed by atoms with Gasteiger partial charge >= 0.3 is 0 Å². The Hall–Kier alpha value is -0.0400. The maximum absolute atomic E-state index is 2.69. The van der Waals surface area contributed by atoms with Gasteiger partial charge in [-0.2, -0.15) is 0 Å². The van der Waals surface area contributed by atoms with Crippen molar-refractivity contribution in [1.29, 1.82) is 0 Å². The van der Waals surface area contributed by atoms with Crippen molar-refractivity contribution in [2.24, 2.45) is 23.7 Å². The van der Waals surface area contributed by atoms with Crippen LogP contribution >= 0.6 is 0 Å². The highest BCUT2D eigenvalue weighted by atomic mass is 15.1. The van der Waals surface area contributed by atoms with Crippen molar-refractivity contribution in [3.05, 3.63) is 0 Å². The monoisotopic (exact) mass is 211 g/mol. The lowest BCUT2D eigenvalue weighted by atomic mass is 9.79. The van der Waals surface area contributed by atoms with E-state index in [4.69, 9.17) is 0 Å². The highest BCUT2D eigenvalue weighted by Gasteiger charge is 2.27.